The summed E-state index contributed by atoms with van der Waals surface area (Å²) in [4.78, 5) is 13.5. The summed E-state index contributed by atoms with van der Waals surface area (Å²) in [5.74, 6) is 0.899. The van der Waals surface area contributed by atoms with Gasteiger partial charge in [0.2, 0.25) is 0 Å². The van der Waals surface area contributed by atoms with Crippen molar-refractivity contribution < 1.29 is 9.53 Å². The van der Waals surface area contributed by atoms with E-state index in [1.165, 1.54) is 0 Å². The maximum absolute atomic E-state index is 11.6. The predicted octanol–water partition coefficient (Wildman–Crippen LogP) is 2.31. The van der Waals surface area contributed by atoms with Gasteiger partial charge >= 0.3 is 0 Å². The SMILES string of the molecule is CC.COC(C)C(=O)N1CCC(C)CC1. The molecule has 0 bridgehead atoms. The van der Waals surface area contributed by atoms with Gasteiger partial charge in [-0.15, -0.1) is 0 Å². The second-order valence-electron chi connectivity index (χ2n) is 3.89. The van der Waals surface area contributed by atoms with Crippen LogP contribution in [0.25, 0.3) is 0 Å². The molecule has 1 amide bonds. The number of hydrogen-bond donors (Lipinski definition) is 0. The van der Waals surface area contributed by atoms with Crippen LogP contribution in [-0.2, 0) is 9.53 Å². The first-order valence-corrected chi connectivity index (χ1v) is 5.96. The molecule has 0 N–H and O–H groups in total. The Kier molecular flexibility index (Phi) is 7.39. The predicted molar refractivity (Wildman–Crippen MR) is 62.8 cm³/mol. The van der Waals surface area contributed by atoms with Crippen molar-refractivity contribution in [3.05, 3.63) is 0 Å². The van der Waals surface area contributed by atoms with Crippen molar-refractivity contribution in [2.75, 3.05) is 20.2 Å². The van der Waals surface area contributed by atoms with E-state index in [9.17, 15) is 4.79 Å². The number of nitrogens with zero attached hydrogens (tertiary/aromatic N) is 1. The summed E-state index contributed by atoms with van der Waals surface area (Å²) in [6.45, 7) is 9.84. The van der Waals surface area contributed by atoms with E-state index in [2.05, 4.69) is 6.92 Å². The van der Waals surface area contributed by atoms with E-state index in [4.69, 9.17) is 4.74 Å². The molecule has 3 heteroatoms. The number of methoxy groups -OCH3 is 1. The monoisotopic (exact) mass is 215 g/mol. The minimum Gasteiger partial charge on any atom is -0.372 e. The third-order valence-electron chi connectivity index (χ3n) is 2.80. The zero-order valence-electron chi connectivity index (χ0n) is 10.7. The van der Waals surface area contributed by atoms with Gasteiger partial charge in [-0.3, -0.25) is 4.79 Å². The molecule has 1 aliphatic heterocycles. The molecule has 1 unspecified atom stereocenters. The molecule has 1 fully saturated rings. The zero-order valence-corrected chi connectivity index (χ0v) is 10.7. The molecule has 1 aliphatic rings. The Morgan fingerprint density at radius 2 is 1.80 bits per heavy atom. The van der Waals surface area contributed by atoms with Crippen LogP contribution in [-0.4, -0.2) is 37.1 Å². The van der Waals surface area contributed by atoms with E-state index >= 15 is 0 Å². The number of hydrogen-bond acceptors (Lipinski definition) is 2. The summed E-state index contributed by atoms with van der Waals surface area (Å²) in [5, 5.41) is 0. The molecular formula is C12H25NO2. The van der Waals surface area contributed by atoms with E-state index in [1.54, 1.807) is 14.0 Å². The molecule has 1 rings (SSSR count). The van der Waals surface area contributed by atoms with Crippen LogP contribution in [0, 0.1) is 5.92 Å². The molecule has 0 saturated carbocycles. The van der Waals surface area contributed by atoms with Crippen molar-refractivity contribution in [1.29, 1.82) is 0 Å². The Morgan fingerprint density at radius 1 is 1.33 bits per heavy atom. The van der Waals surface area contributed by atoms with Crippen LogP contribution in [0.15, 0.2) is 0 Å². The standard InChI is InChI=1S/C10H19NO2.C2H6/c1-8-4-6-11(7-5-8)10(12)9(2)13-3;1-2/h8-9H,4-7H2,1-3H3;1-2H3. The first kappa shape index (κ1) is 14.4. The third-order valence-corrected chi connectivity index (χ3v) is 2.80. The smallest absolute Gasteiger partial charge is 0.251 e. The quantitative estimate of drug-likeness (QED) is 0.707. The first-order valence-electron chi connectivity index (χ1n) is 5.96. The highest BCUT2D eigenvalue weighted by Gasteiger charge is 2.23. The van der Waals surface area contributed by atoms with E-state index in [0.29, 0.717) is 0 Å². The van der Waals surface area contributed by atoms with Crippen LogP contribution in [0.3, 0.4) is 0 Å². The van der Waals surface area contributed by atoms with Gasteiger partial charge in [-0.1, -0.05) is 20.8 Å². The Labute approximate surface area is 93.8 Å². The van der Waals surface area contributed by atoms with Gasteiger partial charge < -0.3 is 9.64 Å². The molecule has 0 aromatic heterocycles. The topological polar surface area (TPSA) is 29.5 Å². The molecule has 1 saturated heterocycles. The van der Waals surface area contributed by atoms with Crippen molar-refractivity contribution in [1.82, 2.24) is 4.90 Å². The fourth-order valence-corrected chi connectivity index (χ4v) is 1.59. The zero-order chi connectivity index (χ0) is 11.8. The molecule has 0 aliphatic carbocycles. The lowest BCUT2D eigenvalue weighted by Crippen LogP contribution is -2.43. The van der Waals surface area contributed by atoms with Crippen LogP contribution in [0.1, 0.15) is 40.5 Å². The highest BCUT2D eigenvalue weighted by molar-refractivity contribution is 5.80. The Bertz CT molecular complexity index is 174. The summed E-state index contributed by atoms with van der Waals surface area (Å²) < 4.78 is 5.00. The van der Waals surface area contributed by atoms with Gasteiger partial charge in [0.05, 0.1) is 0 Å². The van der Waals surface area contributed by atoms with E-state index in [1.807, 2.05) is 18.7 Å². The Hall–Kier alpha value is -0.570. The van der Waals surface area contributed by atoms with Crippen LogP contribution in [0.4, 0.5) is 0 Å². The minimum absolute atomic E-state index is 0.134. The number of likely N-dealkylation sites (tertiary alicyclic amines) is 1. The van der Waals surface area contributed by atoms with Crippen molar-refractivity contribution in [2.45, 2.75) is 46.6 Å². The molecule has 1 atom stereocenters. The summed E-state index contributed by atoms with van der Waals surface area (Å²) >= 11 is 0. The molecule has 90 valence electrons. The van der Waals surface area contributed by atoms with Gasteiger partial charge in [-0.2, -0.15) is 0 Å². The van der Waals surface area contributed by atoms with E-state index in [-0.39, 0.29) is 12.0 Å². The van der Waals surface area contributed by atoms with Gasteiger partial charge in [0.1, 0.15) is 6.10 Å². The lowest BCUT2D eigenvalue weighted by molar-refractivity contribution is -0.142. The normalized spacial score (nSPS) is 19.1. The largest absolute Gasteiger partial charge is 0.372 e. The lowest BCUT2D eigenvalue weighted by Gasteiger charge is -2.31. The van der Waals surface area contributed by atoms with Gasteiger partial charge in [-0.25, -0.2) is 0 Å². The highest BCUT2D eigenvalue weighted by Crippen LogP contribution is 2.16. The minimum atomic E-state index is -0.284. The molecule has 0 spiro atoms. The number of rotatable bonds is 2. The van der Waals surface area contributed by atoms with Gasteiger partial charge in [-0.05, 0) is 25.7 Å². The average molecular weight is 215 g/mol. The van der Waals surface area contributed by atoms with Crippen LogP contribution < -0.4 is 0 Å². The molecule has 15 heavy (non-hydrogen) atoms. The number of ether oxygens (including phenoxy) is 1. The van der Waals surface area contributed by atoms with Crippen molar-refractivity contribution in [2.24, 2.45) is 5.92 Å². The van der Waals surface area contributed by atoms with Crippen molar-refractivity contribution in [3.8, 4) is 0 Å². The molecular weight excluding hydrogens is 190 g/mol. The van der Waals surface area contributed by atoms with Crippen LogP contribution in [0.2, 0.25) is 0 Å². The number of carbonyl (C=O) groups is 1. The van der Waals surface area contributed by atoms with Crippen molar-refractivity contribution >= 4 is 5.91 Å². The van der Waals surface area contributed by atoms with E-state index in [0.717, 1.165) is 31.8 Å². The highest BCUT2D eigenvalue weighted by atomic mass is 16.5. The molecule has 1 heterocycles. The first-order chi connectivity index (χ1) is 7.15. The number of amides is 1. The fourth-order valence-electron chi connectivity index (χ4n) is 1.59. The summed E-state index contributed by atoms with van der Waals surface area (Å²) in [7, 11) is 1.58. The number of carbonyl (C=O) groups excluding carboxylic acids is 1. The number of piperidine rings is 1. The molecule has 0 aromatic rings. The summed E-state index contributed by atoms with van der Waals surface area (Å²) in [6.07, 6.45) is 1.97. The Morgan fingerprint density at radius 3 is 2.20 bits per heavy atom. The maximum atomic E-state index is 11.6. The van der Waals surface area contributed by atoms with Crippen molar-refractivity contribution in [3.63, 3.8) is 0 Å². The van der Waals surface area contributed by atoms with Crippen LogP contribution >= 0.6 is 0 Å². The van der Waals surface area contributed by atoms with Gasteiger partial charge in [0.15, 0.2) is 0 Å². The molecule has 0 aromatic carbocycles. The van der Waals surface area contributed by atoms with E-state index < -0.39 is 0 Å². The summed E-state index contributed by atoms with van der Waals surface area (Å²) in [5.41, 5.74) is 0. The molecule has 3 nitrogen and oxygen atoms in total. The Balaban J connectivity index is 0.000000921. The van der Waals surface area contributed by atoms with Gasteiger partial charge in [0, 0.05) is 20.2 Å². The van der Waals surface area contributed by atoms with Gasteiger partial charge in [0.25, 0.3) is 5.91 Å². The average Bonchev–Trinajstić information content (AvgIpc) is 2.31. The fraction of sp³-hybridized carbons (Fsp3) is 0.917. The molecule has 0 radical (unpaired) electrons. The third kappa shape index (κ3) is 4.65. The summed E-state index contributed by atoms with van der Waals surface area (Å²) in [6, 6.07) is 0. The maximum Gasteiger partial charge on any atom is 0.251 e. The lowest BCUT2D eigenvalue weighted by atomic mass is 9.99. The van der Waals surface area contributed by atoms with Crippen LogP contribution in [0.5, 0.6) is 0 Å². The second kappa shape index (κ2) is 7.69. The second-order valence-corrected chi connectivity index (χ2v) is 3.89.